The topological polar surface area (TPSA) is 74.1 Å². The maximum Gasteiger partial charge on any atom is 0.285 e. The molecule has 1 heterocycles. The van der Waals surface area contributed by atoms with Crippen LogP contribution in [0.3, 0.4) is 0 Å². The number of methoxy groups -OCH3 is 1. The van der Waals surface area contributed by atoms with E-state index in [-0.39, 0.29) is 4.90 Å². The van der Waals surface area contributed by atoms with E-state index < -0.39 is 10.0 Å². The van der Waals surface area contributed by atoms with E-state index >= 15 is 0 Å². The lowest BCUT2D eigenvalue weighted by atomic mass is 10.1. The van der Waals surface area contributed by atoms with Gasteiger partial charge >= 0.3 is 0 Å². The van der Waals surface area contributed by atoms with Crippen molar-refractivity contribution in [2.75, 3.05) is 7.11 Å². The first-order valence-electron chi connectivity index (χ1n) is 5.80. The van der Waals surface area contributed by atoms with Crippen LogP contribution in [-0.4, -0.2) is 29.7 Å². The standard InChI is InChI=1S/C13H11N3O3S/c1-19-12-6-7-13(11-5-3-2-4-10(11)12)20(17,18)16-9-14-8-15-16/h2-9H,1H3. The van der Waals surface area contributed by atoms with Crippen LogP contribution < -0.4 is 4.74 Å². The minimum absolute atomic E-state index is 0.166. The zero-order valence-corrected chi connectivity index (χ0v) is 11.4. The van der Waals surface area contributed by atoms with Crippen LogP contribution in [0.2, 0.25) is 0 Å². The highest BCUT2D eigenvalue weighted by atomic mass is 32.2. The number of hydrogen-bond donors (Lipinski definition) is 0. The molecule has 1 aromatic heterocycles. The van der Waals surface area contributed by atoms with E-state index in [0.29, 0.717) is 11.1 Å². The molecule has 0 unspecified atom stereocenters. The molecule has 6 nitrogen and oxygen atoms in total. The van der Waals surface area contributed by atoms with E-state index in [1.165, 1.54) is 12.4 Å². The summed E-state index contributed by atoms with van der Waals surface area (Å²) in [5.41, 5.74) is 0. The van der Waals surface area contributed by atoms with Crippen molar-refractivity contribution in [1.82, 2.24) is 14.2 Å². The van der Waals surface area contributed by atoms with Crippen molar-refractivity contribution in [3.05, 3.63) is 49.1 Å². The summed E-state index contributed by atoms with van der Waals surface area (Å²) in [4.78, 5) is 3.84. The monoisotopic (exact) mass is 289 g/mol. The summed E-state index contributed by atoms with van der Waals surface area (Å²) >= 11 is 0. The van der Waals surface area contributed by atoms with Gasteiger partial charge in [-0.15, -0.1) is 9.19 Å². The van der Waals surface area contributed by atoms with E-state index in [1.54, 1.807) is 25.3 Å². The molecule has 0 fully saturated rings. The Labute approximate surface area is 115 Å². The van der Waals surface area contributed by atoms with E-state index in [0.717, 1.165) is 15.8 Å². The third-order valence-corrected chi connectivity index (χ3v) is 4.58. The second kappa shape index (κ2) is 4.61. The predicted molar refractivity (Wildman–Crippen MR) is 73.1 cm³/mol. The van der Waals surface area contributed by atoms with Crippen LogP contribution in [0.5, 0.6) is 5.75 Å². The number of nitrogens with zero attached hydrogens (tertiary/aromatic N) is 3. The summed E-state index contributed by atoms with van der Waals surface area (Å²) in [5, 5.41) is 5.02. The summed E-state index contributed by atoms with van der Waals surface area (Å²) in [6, 6.07) is 10.3. The molecule has 20 heavy (non-hydrogen) atoms. The van der Waals surface area contributed by atoms with E-state index in [2.05, 4.69) is 10.1 Å². The Balaban J connectivity index is 2.34. The summed E-state index contributed by atoms with van der Waals surface area (Å²) in [6.07, 6.45) is 2.34. The molecule has 3 aromatic rings. The maximum absolute atomic E-state index is 12.5. The van der Waals surface area contributed by atoms with Gasteiger partial charge in [-0.3, -0.25) is 0 Å². The van der Waals surface area contributed by atoms with Gasteiger partial charge in [0.25, 0.3) is 10.0 Å². The highest BCUT2D eigenvalue weighted by Gasteiger charge is 2.21. The first-order valence-corrected chi connectivity index (χ1v) is 7.24. The zero-order valence-electron chi connectivity index (χ0n) is 10.6. The summed E-state index contributed by atoms with van der Waals surface area (Å²) in [7, 11) is -2.21. The number of fused-ring (bicyclic) bond motifs is 1. The van der Waals surface area contributed by atoms with Crippen molar-refractivity contribution >= 4 is 20.8 Å². The lowest BCUT2D eigenvalue weighted by molar-refractivity contribution is 0.419. The van der Waals surface area contributed by atoms with Crippen LogP contribution in [0.25, 0.3) is 10.8 Å². The molecule has 0 bridgehead atoms. The van der Waals surface area contributed by atoms with Gasteiger partial charge in [-0.25, -0.2) is 4.98 Å². The molecule has 0 radical (unpaired) electrons. The van der Waals surface area contributed by atoms with E-state index in [9.17, 15) is 8.42 Å². The normalized spacial score (nSPS) is 11.7. The fourth-order valence-corrected chi connectivity index (χ4v) is 3.31. The molecule has 2 aromatic carbocycles. The van der Waals surface area contributed by atoms with Crippen molar-refractivity contribution in [3.63, 3.8) is 0 Å². The predicted octanol–water partition coefficient (Wildman–Crippen LogP) is 1.68. The Morgan fingerprint density at radius 3 is 2.50 bits per heavy atom. The smallest absolute Gasteiger partial charge is 0.285 e. The molecule has 0 saturated carbocycles. The average Bonchev–Trinajstić information content (AvgIpc) is 3.01. The second-order valence-electron chi connectivity index (χ2n) is 4.08. The van der Waals surface area contributed by atoms with Gasteiger partial charge in [0.15, 0.2) is 0 Å². The molecule has 0 aliphatic carbocycles. The summed E-state index contributed by atoms with van der Waals surface area (Å²) in [5.74, 6) is 0.623. The molecule has 0 aliphatic rings. The number of rotatable bonds is 3. The first kappa shape index (κ1) is 12.6. The lowest BCUT2D eigenvalue weighted by Gasteiger charge is -2.10. The number of hydrogen-bond acceptors (Lipinski definition) is 5. The Hall–Kier alpha value is -2.41. The summed E-state index contributed by atoms with van der Waals surface area (Å²) in [6.45, 7) is 0. The van der Waals surface area contributed by atoms with Crippen molar-refractivity contribution in [2.45, 2.75) is 4.90 Å². The number of ether oxygens (including phenoxy) is 1. The van der Waals surface area contributed by atoms with E-state index in [4.69, 9.17) is 4.74 Å². The third kappa shape index (κ3) is 1.83. The molecule has 0 spiro atoms. The number of aromatic nitrogens is 3. The number of benzene rings is 2. The van der Waals surface area contributed by atoms with Crippen LogP contribution in [-0.2, 0) is 10.0 Å². The molecule has 102 valence electrons. The zero-order chi connectivity index (χ0) is 14.2. The summed E-state index contributed by atoms with van der Waals surface area (Å²) < 4.78 is 31.2. The molecule has 0 saturated heterocycles. The maximum atomic E-state index is 12.5. The molecule has 3 rings (SSSR count). The molecule has 0 amide bonds. The Morgan fingerprint density at radius 2 is 1.85 bits per heavy atom. The van der Waals surface area contributed by atoms with Crippen LogP contribution in [0, 0.1) is 0 Å². The highest BCUT2D eigenvalue weighted by Crippen LogP contribution is 2.31. The molecular weight excluding hydrogens is 278 g/mol. The third-order valence-electron chi connectivity index (χ3n) is 2.99. The van der Waals surface area contributed by atoms with Gasteiger partial charge in [-0.05, 0) is 12.1 Å². The Bertz CT molecular complexity index is 858. The van der Waals surface area contributed by atoms with Gasteiger partial charge in [-0.2, -0.15) is 8.42 Å². The van der Waals surface area contributed by atoms with Crippen molar-refractivity contribution < 1.29 is 13.2 Å². The van der Waals surface area contributed by atoms with Gasteiger partial charge in [-0.1, -0.05) is 24.3 Å². The van der Waals surface area contributed by atoms with E-state index in [1.807, 2.05) is 12.1 Å². The van der Waals surface area contributed by atoms with Gasteiger partial charge in [0.05, 0.1) is 12.0 Å². The minimum Gasteiger partial charge on any atom is -0.496 e. The quantitative estimate of drug-likeness (QED) is 0.733. The van der Waals surface area contributed by atoms with Crippen LogP contribution in [0.1, 0.15) is 0 Å². The minimum atomic E-state index is -3.76. The SMILES string of the molecule is COc1ccc(S(=O)(=O)n2cncn2)c2ccccc12. The molecular formula is C13H11N3O3S. The molecule has 7 heteroatoms. The fourth-order valence-electron chi connectivity index (χ4n) is 2.07. The fraction of sp³-hybridized carbons (Fsp3) is 0.0769. The lowest BCUT2D eigenvalue weighted by Crippen LogP contribution is -2.14. The van der Waals surface area contributed by atoms with Gasteiger partial charge in [0.2, 0.25) is 0 Å². The average molecular weight is 289 g/mol. The molecule has 0 N–H and O–H groups in total. The van der Waals surface area contributed by atoms with Gasteiger partial charge in [0, 0.05) is 10.8 Å². The molecule has 0 atom stereocenters. The van der Waals surface area contributed by atoms with Crippen molar-refractivity contribution in [2.24, 2.45) is 0 Å². The van der Waals surface area contributed by atoms with Crippen molar-refractivity contribution in [3.8, 4) is 5.75 Å². The van der Waals surface area contributed by atoms with Crippen LogP contribution in [0.15, 0.2) is 53.9 Å². The van der Waals surface area contributed by atoms with Crippen LogP contribution in [0.4, 0.5) is 0 Å². The molecule has 0 aliphatic heterocycles. The second-order valence-corrected chi connectivity index (χ2v) is 5.85. The Morgan fingerprint density at radius 1 is 1.10 bits per heavy atom. The van der Waals surface area contributed by atoms with Gasteiger partial charge < -0.3 is 4.74 Å². The largest absolute Gasteiger partial charge is 0.496 e. The van der Waals surface area contributed by atoms with Crippen molar-refractivity contribution in [1.29, 1.82) is 0 Å². The van der Waals surface area contributed by atoms with Crippen LogP contribution >= 0.6 is 0 Å². The Kier molecular flexibility index (Phi) is 2.90. The first-order chi connectivity index (χ1) is 9.64. The highest BCUT2D eigenvalue weighted by molar-refractivity contribution is 7.90. The van der Waals surface area contributed by atoms with Gasteiger partial charge in [0.1, 0.15) is 18.4 Å².